The van der Waals surface area contributed by atoms with Crippen molar-refractivity contribution in [1.82, 2.24) is 19.7 Å². The van der Waals surface area contributed by atoms with Gasteiger partial charge in [0.1, 0.15) is 5.82 Å². The molecule has 1 saturated heterocycles. The van der Waals surface area contributed by atoms with E-state index in [-0.39, 0.29) is 18.5 Å². The van der Waals surface area contributed by atoms with Gasteiger partial charge in [-0.3, -0.25) is 9.69 Å². The normalized spacial score (nSPS) is 15.2. The van der Waals surface area contributed by atoms with Crippen LogP contribution in [0, 0.1) is 0 Å². The predicted octanol–water partition coefficient (Wildman–Crippen LogP) is 1.75. The van der Waals surface area contributed by atoms with Crippen molar-refractivity contribution in [3.63, 3.8) is 0 Å². The summed E-state index contributed by atoms with van der Waals surface area (Å²) < 4.78 is 0. The maximum atomic E-state index is 12.3. The average Bonchev–Trinajstić information content (AvgIpc) is 2.58. The molecule has 0 aliphatic carbocycles. The highest BCUT2D eigenvalue weighted by Crippen LogP contribution is 2.10. The van der Waals surface area contributed by atoms with Crippen LogP contribution in [0.25, 0.3) is 0 Å². The Balaban J connectivity index is 1.77. The van der Waals surface area contributed by atoms with Gasteiger partial charge in [-0.05, 0) is 26.0 Å². The number of nitrogens with one attached hydrogen (secondary N) is 1. The Labute approximate surface area is 147 Å². The van der Waals surface area contributed by atoms with Crippen molar-refractivity contribution in [2.45, 2.75) is 13.8 Å². The molecule has 3 amide bonds. The van der Waals surface area contributed by atoms with Gasteiger partial charge in [-0.15, -0.1) is 0 Å². The number of halogens is 1. The van der Waals surface area contributed by atoms with E-state index in [4.69, 9.17) is 11.6 Å². The highest BCUT2D eigenvalue weighted by atomic mass is 35.5. The molecular weight excluding hydrogens is 330 g/mol. The molecule has 0 unspecified atom stereocenters. The van der Waals surface area contributed by atoms with Crippen LogP contribution < -0.4 is 5.32 Å². The summed E-state index contributed by atoms with van der Waals surface area (Å²) in [5.74, 6) is 0.369. The molecule has 1 aromatic heterocycles. The average molecular weight is 354 g/mol. The minimum absolute atomic E-state index is 0.0782. The Morgan fingerprint density at radius 2 is 1.88 bits per heavy atom. The van der Waals surface area contributed by atoms with Crippen molar-refractivity contribution in [3.05, 3.63) is 23.4 Å². The first-order valence-electron chi connectivity index (χ1n) is 8.21. The molecular formula is C16H24ClN5O2. The zero-order chi connectivity index (χ0) is 17.5. The molecule has 8 heteroatoms. The Hall–Kier alpha value is -1.86. The summed E-state index contributed by atoms with van der Waals surface area (Å²) in [6.07, 6.45) is 1.49. The standard InChI is InChI=1S/C16H24ClN5O2/c1-3-21(4-2)16(24)22-9-7-20(8-10-22)12-15(23)19-14-6-5-13(17)11-18-14/h5-6,11H,3-4,7-10,12H2,1-2H3,(H,18,19,23). The second-order valence-corrected chi connectivity index (χ2v) is 6.06. The van der Waals surface area contributed by atoms with E-state index >= 15 is 0 Å². The number of carbonyl (C=O) groups is 2. The van der Waals surface area contributed by atoms with Gasteiger partial charge >= 0.3 is 6.03 Å². The van der Waals surface area contributed by atoms with Gasteiger partial charge in [-0.25, -0.2) is 9.78 Å². The molecule has 1 aliphatic rings. The van der Waals surface area contributed by atoms with E-state index in [1.165, 1.54) is 6.20 Å². The molecule has 2 heterocycles. The quantitative estimate of drug-likeness (QED) is 0.875. The van der Waals surface area contributed by atoms with Crippen LogP contribution in [0.3, 0.4) is 0 Å². The van der Waals surface area contributed by atoms with E-state index in [0.29, 0.717) is 50.1 Å². The van der Waals surface area contributed by atoms with Crippen LogP contribution in [0.5, 0.6) is 0 Å². The third kappa shape index (κ3) is 5.07. The molecule has 0 bridgehead atoms. The van der Waals surface area contributed by atoms with E-state index in [1.807, 2.05) is 28.5 Å². The van der Waals surface area contributed by atoms with Gasteiger partial charge in [-0.2, -0.15) is 0 Å². The molecule has 0 spiro atoms. The third-order valence-corrected chi connectivity index (χ3v) is 4.26. The van der Waals surface area contributed by atoms with Gasteiger partial charge in [0.2, 0.25) is 5.91 Å². The molecule has 1 aliphatic heterocycles. The van der Waals surface area contributed by atoms with Crippen LogP contribution in [0.2, 0.25) is 5.02 Å². The lowest BCUT2D eigenvalue weighted by molar-refractivity contribution is -0.117. The number of piperazine rings is 1. The van der Waals surface area contributed by atoms with E-state index in [0.717, 1.165) is 0 Å². The smallest absolute Gasteiger partial charge is 0.320 e. The number of carbonyl (C=O) groups excluding carboxylic acids is 2. The fourth-order valence-corrected chi connectivity index (χ4v) is 2.74. The molecule has 0 atom stereocenters. The minimum atomic E-state index is -0.117. The number of hydrogen-bond acceptors (Lipinski definition) is 4. The Morgan fingerprint density at radius 3 is 2.42 bits per heavy atom. The zero-order valence-electron chi connectivity index (χ0n) is 14.2. The summed E-state index contributed by atoms with van der Waals surface area (Å²) in [5.41, 5.74) is 0. The van der Waals surface area contributed by atoms with Crippen molar-refractivity contribution < 1.29 is 9.59 Å². The molecule has 1 fully saturated rings. The van der Waals surface area contributed by atoms with Gasteiger partial charge in [0.05, 0.1) is 11.6 Å². The van der Waals surface area contributed by atoms with Gasteiger partial charge in [0.25, 0.3) is 0 Å². The van der Waals surface area contributed by atoms with Crippen molar-refractivity contribution in [3.8, 4) is 0 Å². The van der Waals surface area contributed by atoms with Crippen LogP contribution in [0.4, 0.5) is 10.6 Å². The molecule has 0 saturated carbocycles. The van der Waals surface area contributed by atoms with E-state index in [9.17, 15) is 9.59 Å². The van der Waals surface area contributed by atoms with Crippen LogP contribution in [0.15, 0.2) is 18.3 Å². The first-order chi connectivity index (χ1) is 11.5. The van der Waals surface area contributed by atoms with Crippen molar-refractivity contribution >= 4 is 29.4 Å². The van der Waals surface area contributed by atoms with E-state index in [2.05, 4.69) is 10.3 Å². The lowest BCUT2D eigenvalue weighted by atomic mass is 10.3. The van der Waals surface area contributed by atoms with Gasteiger partial charge < -0.3 is 15.1 Å². The summed E-state index contributed by atoms with van der Waals surface area (Å²) in [7, 11) is 0. The molecule has 132 valence electrons. The van der Waals surface area contributed by atoms with E-state index < -0.39 is 0 Å². The van der Waals surface area contributed by atoms with Crippen molar-refractivity contribution in [2.24, 2.45) is 0 Å². The van der Waals surface area contributed by atoms with E-state index in [1.54, 1.807) is 12.1 Å². The van der Waals surface area contributed by atoms with Crippen LogP contribution in [-0.2, 0) is 4.79 Å². The van der Waals surface area contributed by atoms with Crippen molar-refractivity contribution in [1.29, 1.82) is 0 Å². The molecule has 2 rings (SSSR count). The maximum Gasteiger partial charge on any atom is 0.320 e. The van der Waals surface area contributed by atoms with Gasteiger partial charge in [-0.1, -0.05) is 11.6 Å². The first-order valence-corrected chi connectivity index (χ1v) is 8.58. The molecule has 1 aromatic rings. The molecule has 7 nitrogen and oxygen atoms in total. The lowest BCUT2D eigenvalue weighted by Gasteiger charge is -2.36. The minimum Gasteiger partial charge on any atom is -0.325 e. The fraction of sp³-hybridized carbons (Fsp3) is 0.562. The fourth-order valence-electron chi connectivity index (χ4n) is 2.63. The second-order valence-electron chi connectivity index (χ2n) is 5.63. The Bertz CT molecular complexity index is 554. The monoisotopic (exact) mass is 353 g/mol. The number of amides is 3. The number of pyridine rings is 1. The third-order valence-electron chi connectivity index (χ3n) is 4.04. The van der Waals surface area contributed by atoms with Crippen LogP contribution in [-0.4, -0.2) is 77.4 Å². The van der Waals surface area contributed by atoms with Crippen LogP contribution >= 0.6 is 11.6 Å². The SMILES string of the molecule is CCN(CC)C(=O)N1CCN(CC(=O)Nc2ccc(Cl)cn2)CC1. The molecule has 0 aromatic carbocycles. The zero-order valence-corrected chi connectivity index (χ0v) is 14.9. The highest BCUT2D eigenvalue weighted by molar-refractivity contribution is 6.30. The topological polar surface area (TPSA) is 68.8 Å². The summed E-state index contributed by atoms with van der Waals surface area (Å²) >= 11 is 5.77. The number of urea groups is 1. The second kappa shape index (κ2) is 8.84. The number of anilines is 1. The molecule has 1 N–H and O–H groups in total. The summed E-state index contributed by atoms with van der Waals surface area (Å²) in [4.78, 5) is 34.1. The predicted molar refractivity (Wildman–Crippen MR) is 94.2 cm³/mol. The number of rotatable bonds is 5. The highest BCUT2D eigenvalue weighted by Gasteiger charge is 2.24. The number of nitrogens with zero attached hydrogens (tertiary/aromatic N) is 4. The molecule has 0 radical (unpaired) electrons. The number of hydrogen-bond donors (Lipinski definition) is 1. The lowest BCUT2D eigenvalue weighted by Crippen LogP contribution is -2.53. The summed E-state index contributed by atoms with van der Waals surface area (Å²) in [6, 6.07) is 3.43. The Morgan fingerprint density at radius 1 is 1.21 bits per heavy atom. The van der Waals surface area contributed by atoms with Gasteiger partial charge in [0.15, 0.2) is 0 Å². The Kier molecular flexibility index (Phi) is 6.81. The summed E-state index contributed by atoms with van der Waals surface area (Å²) in [6.45, 7) is 8.34. The number of aromatic nitrogens is 1. The van der Waals surface area contributed by atoms with Crippen molar-refractivity contribution in [2.75, 3.05) is 51.1 Å². The van der Waals surface area contributed by atoms with Gasteiger partial charge in [0, 0.05) is 45.5 Å². The first kappa shape index (κ1) is 18.5. The van der Waals surface area contributed by atoms with Crippen LogP contribution in [0.1, 0.15) is 13.8 Å². The largest absolute Gasteiger partial charge is 0.325 e. The summed E-state index contributed by atoms with van der Waals surface area (Å²) in [5, 5.41) is 3.28. The maximum absolute atomic E-state index is 12.3. The molecule has 24 heavy (non-hydrogen) atoms.